The van der Waals surface area contributed by atoms with Crippen LogP contribution in [0.3, 0.4) is 0 Å². The molecular formula is C33H29NO3P2. The van der Waals surface area contributed by atoms with E-state index in [0.717, 1.165) is 5.69 Å². The van der Waals surface area contributed by atoms with Crippen molar-refractivity contribution in [2.75, 3.05) is 17.5 Å². The third-order valence-corrected chi connectivity index (χ3v) is 11.4. The van der Waals surface area contributed by atoms with Gasteiger partial charge in [-0.1, -0.05) is 121 Å². The number of rotatable bonds is 10. The van der Waals surface area contributed by atoms with Crippen LogP contribution in [0.4, 0.5) is 5.69 Å². The van der Waals surface area contributed by atoms with Crippen molar-refractivity contribution in [2.45, 2.75) is 0 Å². The molecule has 6 heteroatoms. The number of aromatic hydroxyl groups is 1. The lowest BCUT2D eigenvalue weighted by molar-refractivity contribution is 0.0693. The van der Waals surface area contributed by atoms with Gasteiger partial charge in [0.1, 0.15) is 11.3 Å². The lowest BCUT2D eigenvalue weighted by Gasteiger charge is -2.34. The molecule has 0 radical (unpaired) electrons. The lowest BCUT2D eigenvalue weighted by Crippen LogP contribution is -2.32. The summed E-state index contributed by atoms with van der Waals surface area (Å²) in [6.45, 7) is 0. The second kappa shape index (κ2) is 12.7. The number of aromatic carboxylic acids is 1. The first-order valence-corrected chi connectivity index (χ1v) is 15.7. The van der Waals surface area contributed by atoms with Crippen LogP contribution in [-0.2, 0) is 0 Å². The number of hydrogen-bond acceptors (Lipinski definition) is 3. The molecule has 0 aliphatic carbocycles. The van der Waals surface area contributed by atoms with Crippen molar-refractivity contribution in [1.29, 1.82) is 0 Å². The van der Waals surface area contributed by atoms with Crippen LogP contribution >= 0.6 is 15.8 Å². The van der Waals surface area contributed by atoms with Crippen molar-refractivity contribution in [2.24, 2.45) is 0 Å². The van der Waals surface area contributed by atoms with Gasteiger partial charge in [0, 0.05) is 24.3 Å². The van der Waals surface area contributed by atoms with Gasteiger partial charge >= 0.3 is 5.97 Å². The fourth-order valence-corrected chi connectivity index (χ4v) is 9.25. The van der Waals surface area contributed by atoms with Gasteiger partial charge < -0.3 is 15.1 Å². The van der Waals surface area contributed by atoms with Crippen molar-refractivity contribution in [3.8, 4) is 5.75 Å². The van der Waals surface area contributed by atoms with Crippen LogP contribution in [0.5, 0.6) is 5.75 Å². The third kappa shape index (κ3) is 6.55. The van der Waals surface area contributed by atoms with Gasteiger partial charge in [0.2, 0.25) is 0 Å². The Morgan fingerprint density at radius 2 is 0.923 bits per heavy atom. The normalized spacial score (nSPS) is 11.0. The highest BCUT2D eigenvalue weighted by molar-refractivity contribution is 7.74. The molecule has 0 heterocycles. The molecule has 39 heavy (non-hydrogen) atoms. The summed E-state index contributed by atoms with van der Waals surface area (Å²) >= 11 is 0. The van der Waals surface area contributed by atoms with Gasteiger partial charge in [0.05, 0.1) is 0 Å². The highest BCUT2D eigenvalue weighted by Crippen LogP contribution is 2.42. The van der Waals surface area contributed by atoms with Gasteiger partial charge in [-0.3, -0.25) is 0 Å². The molecule has 0 aliphatic rings. The highest BCUT2D eigenvalue weighted by Gasteiger charge is 2.24. The van der Waals surface area contributed by atoms with E-state index < -0.39 is 21.8 Å². The van der Waals surface area contributed by atoms with E-state index in [2.05, 4.69) is 102 Å². The Labute approximate surface area is 231 Å². The summed E-state index contributed by atoms with van der Waals surface area (Å²) in [7, 11) is -1.55. The highest BCUT2D eigenvalue weighted by atomic mass is 31.1. The molecule has 0 amide bonds. The van der Waals surface area contributed by atoms with Crippen molar-refractivity contribution in [1.82, 2.24) is 0 Å². The molecule has 0 saturated heterocycles. The molecule has 0 spiro atoms. The van der Waals surface area contributed by atoms with E-state index in [9.17, 15) is 15.0 Å². The number of nitrogens with zero attached hydrogens (tertiary/aromatic N) is 1. The second-order valence-corrected chi connectivity index (χ2v) is 13.4. The summed E-state index contributed by atoms with van der Waals surface area (Å²) < 4.78 is 0. The molecule has 0 bridgehead atoms. The van der Waals surface area contributed by atoms with E-state index in [-0.39, 0.29) is 11.3 Å². The van der Waals surface area contributed by atoms with Crippen molar-refractivity contribution in [3.05, 3.63) is 145 Å². The van der Waals surface area contributed by atoms with Crippen molar-refractivity contribution < 1.29 is 15.0 Å². The van der Waals surface area contributed by atoms with Gasteiger partial charge in [-0.2, -0.15) is 0 Å². The van der Waals surface area contributed by atoms with Crippen molar-refractivity contribution >= 4 is 48.7 Å². The maximum absolute atomic E-state index is 11.6. The zero-order valence-electron chi connectivity index (χ0n) is 21.3. The van der Waals surface area contributed by atoms with E-state index in [0.29, 0.717) is 12.6 Å². The number of carboxylic acids is 1. The van der Waals surface area contributed by atoms with Gasteiger partial charge in [0.15, 0.2) is 0 Å². The van der Waals surface area contributed by atoms with Crippen LogP contribution in [0.15, 0.2) is 140 Å². The number of anilines is 1. The number of hydrogen-bond donors (Lipinski definition) is 2. The summed E-state index contributed by atoms with van der Waals surface area (Å²) in [6.07, 6.45) is 1.43. The van der Waals surface area contributed by atoms with E-state index in [1.807, 2.05) is 30.3 Å². The summed E-state index contributed by atoms with van der Waals surface area (Å²) in [6, 6.07) is 47.1. The molecule has 0 saturated carbocycles. The fourth-order valence-electron chi connectivity index (χ4n) is 4.50. The lowest BCUT2D eigenvalue weighted by atomic mass is 10.2. The first kappa shape index (κ1) is 26.6. The average molecular weight is 550 g/mol. The zero-order chi connectivity index (χ0) is 27.0. The van der Waals surface area contributed by atoms with Crippen LogP contribution in [0.1, 0.15) is 10.4 Å². The molecule has 2 N–H and O–H groups in total. The molecule has 0 unspecified atom stereocenters. The standard InChI is InChI=1S/C33H29NO3P2/c35-32-23-26(21-22-31(32)33(36)37)34(24-38(27-13-5-1-6-14-27)28-15-7-2-8-16-28)25-39(29-17-9-3-10-18-29)30-19-11-4-12-20-30/h1-23,35H,24-25H2,(H,36,37). The molecule has 5 rings (SSSR count). The first-order valence-electron chi connectivity index (χ1n) is 12.7. The molecule has 0 fully saturated rings. The Kier molecular flexibility index (Phi) is 8.68. The smallest absolute Gasteiger partial charge is 0.339 e. The molecule has 5 aromatic carbocycles. The predicted molar refractivity (Wildman–Crippen MR) is 165 cm³/mol. The van der Waals surface area contributed by atoms with Crippen LogP contribution in [0.2, 0.25) is 0 Å². The topological polar surface area (TPSA) is 60.8 Å². The number of carboxylic acid groups (broad SMARTS) is 1. The summed E-state index contributed by atoms with van der Waals surface area (Å²) in [5.74, 6) is -1.37. The Hall–Kier alpha value is -3.97. The van der Waals surface area contributed by atoms with Gasteiger partial charge in [-0.05, 0) is 49.2 Å². The molecule has 0 aliphatic heterocycles. The minimum absolute atomic E-state index is 0.0968. The van der Waals surface area contributed by atoms with E-state index in [4.69, 9.17) is 0 Å². The van der Waals surface area contributed by atoms with Crippen LogP contribution < -0.4 is 26.1 Å². The minimum Gasteiger partial charge on any atom is -0.507 e. The summed E-state index contributed by atoms with van der Waals surface area (Å²) in [5.41, 5.74) is 0.705. The van der Waals surface area contributed by atoms with Crippen LogP contribution in [-0.4, -0.2) is 28.8 Å². The Balaban J connectivity index is 1.60. The van der Waals surface area contributed by atoms with E-state index in [1.165, 1.54) is 27.3 Å². The maximum atomic E-state index is 11.6. The summed E-state index contributed by atoms with van der Waals surface area (Å²) in [5, 5.41) is 25.2. The average Bonchev–Trinajstić information content (AvgIpc) is 2.99. The molecule has 0 atom stereocenters. The number of phenols is 1. The summed E-state index contributed by atoms with van der Waals surface area (Å²) in [4.78, 5) is 14.0. The molecule has 5 aromatic rings. The molecular weight excluding hydrogens is 520 g/mol. The molecule has 0 aromatic heterocycles. The van der Waals surface area contributed by atoms with Crippen LogP contribution in [0.25, 0.3) is 0 Å². The van der Waals surface area contributed by atoms with Gasteiger partial charge in [0.25, 0.3) is 0 Å². The van der Waals surface area contributed by atoms with E-state index in [1.54, 1.807) is 6.07 Å². The largest absolute Gasteiger partial charge is 0.507 e. The number of benzene rings is 5. The fraction of sp³-hybridized carbons (Fsp3) is 0.0606. The van der Waals surface area contributed by atoms with Gasteiger partial charge in [-0.25, -0.2) is 4.79 Å². The quantitative estimate of drug-likeness (QED) is 0.208. The minimum atomic E-state index is -1.14. The monoisotopic (exact) mass is 549 g/mol. The van der Waals surface area contributed by atoms with Crippen LogP contribution in [0, 0.1) is 0 Å². The Morgan fingerprint density at radius 3 is 1.23 bits per heavy atom. The zero-order valence-corrected chi connectivity index (χ0v) is 23.1. The van der Waals surface area contributed by atoms with E-state index >= 15 is 0 Å². The first-order chi connectivity index (χ1) is 19.1. The Morgan fingerprint density at radius 1 is 0.564 bits per heavy atom. The second-order valence-electron chi connectivity index (χ2n) is 9.03. The maximum Gasteiger partial charge on any atom is 0.339 e. The Bertz CT molecular complexity index is 1340. The molecule has 4 nitrogen and oxygen atoms in total. The predicted octanol–water partition coefficient (Wildman–Crippen LogP) is 6.08. The van der Waals surface area contributed by atoms with Gasteiger partial charge in [-0.15, -0.1) is 0 Å². The SMILES string of the molecule is O=C(O)c1ccc(N(CP(c2ccccc2)c2ccccc2)CP(c2ccccc2)c2ccccc2)cc1O. The number of carbonyl (C=O) groups is 1. The third-order valence-electron chi connectivity index (χ3n) is 6.47. The molecule has 194 valence electrons. The van der Waals surface area contributed by atoms with Crippen molar-refractivity contribution in [3.63, 3.8) is 0 Å².